The van der Waals surface area contributed by atoms with Gasteiger partial charge in [-0.3, -0.25) is 19.4 Å². The van der Waals surface area contributed by atoms with Gasteiger partial charge in [0.15, 0.2) is 0 Å². The second kappa shape index (κ2) is 11.5. The Hall–Kier alpha value is -2.56. The zero-order chi connectivity index (χ0) is 25.9. The number of likely N-dealkylation sites (N-methyl/N-ethyl adjacent to an activating group) is 1. The van der Waals surface area contributed by atoms with Gasteiger partial charge in [0.05, 0.1) is 17.3 Å². The van der Waals surface area contributed by atoms with Crippen LogP contribution < -0.4 is 10.6 Å². The van der Waals surface area contributed by atoms with Gasteiger partial charge < -0.3 is 25.5 Å². The van der Waals surface area contributed by atoms with E-state index in [1.807, 2.05) is 37.3 Å². The van der Waals surface area contributed by atoms with Crippen LogP contribution in [-0.4, -0.2) is 82.5 Å². The Morgan fingerprint density at radius 2 is 1.89 bits per heavy atom. The first-order valence-corrected chi connectivity index (χ1v) is 12.6. The van der Waals surface area contributed by atoms with Gasteiger partial charge in [-0.25, -0.2) is 0 Å². The summed E-state index contributed by atoms with van der Waals surface area (Å²) in [5, 5.41) is 16.7. The average Bonchev–Trinajstić information content (AvgIpc) is 2.85. The number of amides is 3. The summed E-state index contributed by atoms with van der Waals surface area (Å²) in [6, 6.07) is 8.16. The Bertz CT molecular complexity index is 1090. The Labute approximate surface area is 214 Å². The highest BCUT2D eigenvalue weighted by Gasteiger charge is 2.34. The van der Waals surface area contributed by atoms with E-state index in [-0.39, 0.29) is 30.3 Å². The van der Waals surface area contributed by atoms with E-state index in [4.69, 9.17) is 4.98 Å². The van der Waals surface area contributed by atoms with Crippen LogP contribution >= 0.6 is 15.9 Å². The highest BCUT2D eigenvalue weighted by molar-refractivity contribution is 9.10. The minimum Gasteiger partial charge on any atom is -0.383 e. The quantitative estimate of drug-likeness (QED) is 0.487. The van der Waals surface area contributed by atoms with Crippen molar-refractivity contribution < 1.29 is 19.5 Å². The lowest BCUT2D eigenvalue weighted by molar-refractivity contribution is -0.142. The van der Waals surface area contributed by atoms with E-state index in [0.29, 0.717) is 13.1 Å². The molecule has 3 amide bonds. The molecule has 0 aliphatic carbocycles. The monoisotopic (exact) mass is 547 g/mol. The Morgan fingerprint density at radius 1 is 1.20 bits per heavy atom. The first kappa shape index (κ1) is 27.0. The van der Waals surface area contributed by atoms with E-state index >= 15 is 0 Å². The van der Waals surface area contributed by atoms with Crippen molar-refractivity contribution >= 4 is 44.6 Å². The first-order chi connectivity index (χ1) is 16.5. The number of hydrogen-bond acceptors (Lipinski definition) is 6. The number of nitrogens with zero attached hydrogens (tertiary/aromatic N) is 3. The molecule has 0 bridgehead atoms. The largest absolute Gasteiger partial charge is 0.383 e. The molecule has 3 N–H and O–H groups in total. The minimum atomic E-state index is -1.18. The van der Waals surface area contributed by atoms with Crippen LogP contribution in [0.25, 0.3) is 10.9 Å². The number of benzene rings is 1. The second-order valence-corrected chi connectivity index (χ2v) is 10.3. The lowest BCUT2D eigenvalue weighted by Crippen LogP contribution is -2.61. The van der Waals surface area contributed by atoms with Gasteiger partial charge in [0, 0.05) is 36.5 Å². The summed E-state index contributed by atoms with van der Waals surface area (Å²) in [7, 11) is 1.73. The van der Waals surface area contributed by atoms with Crippen LogP contribution in [0.5, 0.6) is 0 Å². The second-order valence-electron chi connectivity index (χ2n) is 9.41. The van der Waals surface area contributed by atoms with E-state index in [2.05, 4.69) is 26.6 Å². The lowest BCUT2D eigenvalue weighted by atomic mass is 10.1. The fourth-order valence-corrected chi connectivity index (χ4v) is 4.38. The summed E-state index contributed by atoms with van der Waals surface area (Å²) in [4.78, 5) is 46.3. The van der Waals surface area contributed by atoms with Crippen LogP contribution in [0, 0.1) is 5.92 Å². The number of carbonyl (C=O) groups is 3. The van der Waals surface area contributed by atoms with Gasteiger partial charge in [-0.15, -0.1) is 0 Å². The number of aromatic nitrogens is 1. The summed E-state index contributed by atoms with van der Waals surface area (Å²) < 4.78 is 0.937. The van der Waals surface area contributed by atoms with Crippen molar-refractivity contribution in [2.45, 2.75) is 51.9 Å². The molecular formula is C25H34BrN5O4. The predicted octanol–water partition coefficient (Wildman–Crippen LogP) is 1.84. The van der Waals surface area contributed by atoms with Crippen LogP contribution in [0.2, 0.25) is 0 Å². The SMILES string of the molecule is CC(C)[C@H](O)C(=O)N[C@@H](C)C(=O)N1CCN[C@H](C(=O)N(C)[C@H](C)c2ccc3ccc(Br)cc3n2)C1. The standard InChI is InChI=1S/C25H34BrN5O4/c1-14(2)22(32)23(33)28-15(3)24(34)31-11-10-27-21(13-31)25(35)30(5)16(4)19-9-7-17-6-8-18(26)12-20(17)29-19/h6-9,12,14-16,21-22,27,32H,10-11,13H2,1-5H3,(H,28,33)/t15-,16+,21-,22-/m0/s1. The molecule has 1 fully saturated rings. The summed E-state index contributed by atoms with van der Waals surface area (Å²) >= 11 is 3.47. The number of piperazine rings is 1. The zero-order valence-electron chi connectivity index (χ0n) is 20.8. The number of fused-ring (bicyclic) bond motifs is 1. The van der Waals surface area contributed by atoms with E-state index in [1.54, 1.807) is 37.6 Å². The Kier molecular flexibility index (Phi) is 8.84. The summed E-state index contributed by atoms with van der Waals surface area (Å²) in [5.74, 6) is -1.26. The summed E-state index contributed by atoms with van der Waals surface area (Å²) in [6.45, 7) is 8.05. The number of carbonyl (C=O) groups excluding carboxylic acids is 3. The summed E-state index contributed by atoms with van der Waals surface area (Å²) in [6.07, 6.45) is -1.18. The molecule has 1 aromatic carbocycles. The van der Waals surface area contributed by atoms with E-state index in [0.717, 1.165) is 21.1 Å². The van der Waals surface area contributed by atoms with Crippen molar-refractivity contribution in [3.63, 3.8) is 0 Å². The molecule has 0 spiro atoms. The predicted molar refractivity (Wildman–Crippen MR) is 137 cm³/mol. The number of aliphatic hydroxyl groups excluding tert-OH is 1. The van der Waals surface area contributed by atoms with Crippen molar-refractivity contribution in [1.29, 1.82) is 0 Å². The first-order valence-electron chi connectivity index (χ1n) is 11.8. The van der Waals surface area contributed by atoms with Gasteiger partial charge in [-0.2, -0.15) is 0 Å². The van der Waals surface area contributed by atoms with Crippen LogP contribution in [0.4, 0.5) is 0 Å². The summed E-state index contributed by atoms with van der Waals surface area (Å²) in [5.41, 5.74) is 1.62. The van der Waals surface area contributed by atoms with Gasteiger partial charge >= 0.3 is 0 Å². The molecule has 0 unspecified atom stereocenters. The van der Waals surface area contributed by atoms with Gasteiger partial charge in [0.1, 0.15) is 18.2 Å². The van der Waals surface area contributed by atoms with Crippen LogP contribution in [0.15, 0.2) is 34.8 Å². The van der Waals surface area contributed by atoms with Crippen molar-refractivity contribution in [1.82, 2.24) is 25.4 Å². The molecule has 1 aromatic heterocycles. The van der Waals surface area contributed by atoms with Crippen molar-refractivity contribution in [2.75, 3.05) is 26.7 Å². The smallest absolute Gasteiger partial charge is 0.249 e. The molecule has 9 nitrogen and oxygen atoms in total. The zero-order valence-corrected chi connectivity index (χ0v) is 22.4. The number of halogens is 1. The molecule has 1 saturated heterocycles. The van der Waals surface area contributed by atoms with Crippen LogP contribution in [0.1, 0.15) is 39.4 Å². The molecule has 4 atom stereocenters. The van der Waals surface area contributed by atoms with Gasteiger partial charge in [-0.05, 0) is 38.0 Å². The maximum absolute atomic E-state index is 13.3. The number of nitrogens with one attached hydrogen (secondary N) is 2. The molecule has 10 heteroatoms. The molecular weight excluding hydrogens is 514 g/mol. The Balaban J connectivity index is 1.64. The molecule has 2 heterocycles. The number of rotatable bonds is 7. The molecule has 1 aliphatic heterocycles. The maximum Gasteiger partial charge on any atom is 0.249 e. The number of hydrogen-bond donors (Lipinski definition) is 3. The molecule has 190 valence electrons. The van der Waals surface area contributed by atoms with Crippen molar-refractivity contribution in [2.24, 2.45) is 5.92 Å². The maximum atomic E-state index is 13.3. The van der Waals surface area contributed by atoms with Gasteiger partial charge in [0.25, 0.3) is 0 Å². The van der Waals surface area contributed by atoms with Crippen molar-refractivity contribution in [3.8, 4) is 0 Å². The highest BCUT2D eigenvalue weighted by Crippen LogP contribution is 2.23. The fourth-order valence-electron chi connectivity index (χ4n) is 4.03. The van der Waals surface area contributed by atoms with Crippen LogP contribution in [0.3, 0.4) is 0 Å². The highest BCUT2D eigenvalue weighted by atomic mass is 79.9. The third kappa shape index (κ3) is 6.36. The fraction of sp³-hybridized carbons (Fsp3) is 0.520. The molecule has 3 rings (SSSR count). The minimum absolute atomic E-state index is 0.141. The third-order valence-electron chi connectivity index (χ3n) is 6.45. The molecule has 35 heavy (non-hydrogen) atoms. The van der Waals surface area contributed by atoms with E-state index < -0.39 is 24.1 Å². The average molecular weight is 548 g/mol. The third-order valence-corrected chi connectivity index (χ3v) is 6.94. The lowest BCUT2D eigenvalue weighted by Gasteiger charge is -2.37. The van der Waals surface area contributed by atoms with E-state index in [9.17, 15) is 19.5 Å². The molecule has 0 saturated carbocycles. The molecule has 2 aromatic rings. The Morgan fingerprint density at radius 3 is 2.57 bits per heavy atom. The normalized spacial score (nSPS) is 18.7. The van der Waals surface area contributed by atoms with E-state index in [1.165, 1.54) is 0 Å². The number of pyridine rings is 1. The van der Waals surface area contributed by atoms with Crippen LogP contribution in [-0.2, 0) is 14.4 Å². The van der Waals surface area contributed by atoms with Crippen molar-refractivity contribution in [3.05, 3.63) is 40.5 Å². The number of aliphatic hydroxyl groups is 1. The molecule has 1 aliphatic rings. The molecule has 0 radical (unpaired) electrons. The topological polar surface area (TPSA) is 115 Å². The van der Waals surface area contributed by atoms with Gasteiger partial charge in [-0.1, -0.05) is 41.9 Å². The van der Waals surface area contributed by atoms with Gasteiger partial charge in [0.2, 0.25) is 17.7 Å².